The van der Waals surface area contributed by atoms with Gasteiger partial charge in [-0.1, -0.05) is 13.0 Å². The molecule has 180 valence electrons. The van der Waals surface area contributed by atoms with E-state index >= 15 is 0 Å². The van der Waals surface area contributed by atoms with Crippen LogP contribution in [0.2, 0.25) is 0 Å². The van der Waals surface area contributed by atoms with Gasteiger partial charge in [0.15, 0.2) is 5.75 Å². The molecule has 10 heteroatoms. The number of nitrogens with one attached hydrogen (secondary N) is 1. The van der Waals surface area contributed by atoms with Crippen molar-refractivity contribution in [2.24, 2.45) is 5.92 Å². The number of anilines is 1. The first-order valence-electron chi connectivity index (χ1n) is 10.9. The average molecular weight is 477 g/mol. The molecule has 3 rings (SSSR count). The lowest BCUT2D eigenvalue weighted by Gasteiger charge is -2.38. The van der Waals surface area contributed by atoms with Gasteiger partial charge in [0.1, 0.15) is 6.10 Å². The van der Waals surface area contributed by atoms with Crippen LogP contribution < -0.4 is 9.46 Å². The monoisotopic (exact) mass is 476 g/mol. The summed E-state index contributed by atoms with van der Waals surface area (Å²) in [6.45, 7) is 5.23. The van der Waals surface area contributed by atoms with Gasteiger partial charge in [0, 0.05) is 37.9 Å². The predicted molar refractivity (Wildman–Crippen MR) is 127 cm³/mol. The third kappa shape index (κ3) is 6.43. The van der Waals surface area contributed by atoms with Crippen molar-refractivity contribution in [1.29, 1.82) is 0 Å². The van der Waals surface area contributed by atoms with E-state index in [1.807, 2.05) is 26.1 Å². The van der Waals surface area contributed by atoms with E-state index in [9.17, 15) is 18.3 Å². The van der Waals surface area contributed by atoms with Crippen LogP contribution in [0.3, 0.4) is 0 Å². The maximum Gasteiger partial charge on any atom is 0.258 e. The molecule has 0 radical (unpaired) electrons. The van der Waals surface area contributed by atoms with E-state index in [0.717, 1.165) is 11.8 Å². The van der Waals surface area contributed by atoms with Crippen molar-refractivity contribution in [3.8, 4) is 5.75 Å². The number of aromatic nitrogens is 1. The molecule has 33 heavy (non-hydrogen) atoms. The number of carbonyl (C=O) groups is 1. The quantitative estimate of drug-likeness (QED) is 0.598. The van der Waals surface area contributed by atoms with Gasteiger partial charge >= 0.3 is 0 Å². The van der Waals surface area contributed by atoms with Crippen molar-refractivity contribution < 1.29 is 23.1 Å². The van der Waals surface area contributed by atoms with Crippen LogP contribution >= 0.6 is 0 Å². The van der Waals surface area contributed by atoms with E-state index in [4.69, 9.17) is 4.74 Å². The zero-order valence-corrected chi connectivity index (χ0v) is 20.2. The van der Waals surface area contributed by atoms with Crippen molar-refractivity contribution in [2.45, 2.75) is 32.5 Å². The third-order valence-corrected chi connectivity index (χ3v) is 6.27. The summed E-state index contributed by atoms with van der Waals surface area (Å²) in [6, 6.07) is 8.32. The molecular weight excluding hydrogens is 444 g/mol. The largest absolute Gasteiger partial charge is 0.486 e. The van der Waals surface area contributed by atoms with Crippen molar-refractivity contribution in [2.75, 3.05) is 37.7 Å². The van der Waals surface area contributed by atoms with Crippen LogP contribution in [0.1, 0.15) is 29.8 Å². The second-order valence-electron chi connectivity index (χ2n) is 8.73. The number of ether oxygens (including phenoxy) is 1. The van der Waals surface area contributed by atoms with Gasteiger partial charge in [0.05, 0.1) is 30.2 Å². The minimum Gasteiger partial charge on any atom is -0.486 e. The number of carbonyl (C=O) groups excluding carboxylic acids is 1. The normalized spacial score (nSPS) is 19.9. The molecule has 1 aromatic carbocycles. The summed E-state index contributed by atoms with van der Waals surface area (Å²) in [5, 5.41) is 9.75. The number of aliphatic hydroxyl groups excluding tert-OH is 1. The van der Waals surface area contributed by atoms with Gasteiger partial charge in [0.2, 0.25) is 10.0 Å². The molecule has 0 aliphatic carbocycles. The van der Waals surface area contributed by atoms with E-state index < -0.39 is 16.1 Å². The van der Waals surface area contributed by atoms with Crippen molar-refractivity contribution in [3.63, 3.8) is 0 Å². The summed E-state index contributed by atoms with van der Waals surface area (Å²) in [7, 11) is -1.61. The molecule has 0 spiro atoms. The molecule has 0 saturated heterocycles. The summed E-state index contributed by atoms with van der Waals surface area (Å²) in [5.74, 6) is -0.182. The third-order valence-electron chi connectivity index (χ3n) is 5.68. The Hall–Kier alpha value is -2.69. The molecule has 2 N–H and O–H groups in total. The number of rotatable bonds is 8. The Kier molecular flexibility index (Phi) is 7.93. The smallest absolute Gasteiger partial charge is 0.258 e. The molecule has 2 aromatic rings. The van der Waals surface area contributed by atoms with Crippen molar-refractivity contribution in [3.05, 3.63) is 53.9 Å². The lowest BCUT2D eigenvalue weighted by molar-refractivity contribution is 0.0344. The number of hydrogen-bond acceptors (Lipinski definition) is 7. The topological polar surface area (TPSA) is 112 Å². The summed E-state index contributed by atoms with van der Waals surface area (Å²) in [5.41, 5.74) is 1.59. The highest BCUT2D eigenvalue weighted by molar-refractivity contribution is 7.92. The molecule has 1 aliphatic rings. The fourth-order valence-corrected chi connectivity index (χ4v) is 4.47. The Bertz CT molecular complexity index is 1060. The van der Waals surface area contributed by atoms with Crippen LogP contribution in [0.25, 0.3) is 0 Å². The van der Waals surface area contributed by atoms with E-state index in [1.54, 1.807) is 42.4 Å². The van der Waals surface area contributed by atoms with Crippen LogP contribution in [0.4, 0.5) is 5.69 Å². The number of amides is 1. The molecule has 3 atom stereocenters. The molecule has 9 nitrogen and oxygen atoms in total. The Labute approximate surface area is 195 Å². The van der Waals surface area contributed by atoms with Crippen LogP contribution in [-0.2, 0) is 16.6 Å². The molecular formula is C23H32N4O5S. The summed E-state index contributed by atoms with van der Waals surface area (Å²) < 4.78 is 32.8. The first-order chi connectivity index (χ1) is 15.6. The van der Waals surface area contributed by atoms with Gasteiger partial charge in [-0.05, 0) is 43.8 Å². The summed E-state index contributed by atoms with van der Waals surface area (Å²) in [6.07, 6.45) is 4.22. The number of nitrogens with zero attached hydrogens (tertiary/aromatic N) is 3. The number of pyridine rings is 1. The zero-order valence-electron chi connectivity index (χ0n) is 19.4. The number of benzene rings is 1. The zero-order chi connectivity index (χ0) is 24.2. The van der Waals surface area contributed by atoms with Gasteiger partial charge in [0.25, 0.3) is 5.91 Å². The predicted octanol–water partition coefficient (Wildman–Crippen LogP) is 1.81. The van der Waals surface area contributed by atoms with Crippen molar-refractivity contribution >= 4 is 21.6 Å². The van der Waals surface area contributed by atoms with E-state index in [0.29, 0.717) is 19.6 Å². The average Bonchev–Trinajstić information content (AvgIpc) is 2.75. The Morgan fingerprint density at radius 3 is 2.64 bits per heavy atom. The van der Waals surface area contributed by atoms with Gasteiger partial charge in [-0.15, -0.1) is 0 Å². The number of fused-ring (bicyclic) bond motifs is 1. The molecule has 1 amide bonds. The Morgan fingerprint density at radius 1 is 1.30 bits per heavy atom. The van der Waals surface area contributed by atoms with Crippen LogP contribution in [0.15, 0.2) is 42.7 Å². The number of hydrogen-bond donors (Lipinski definition) is 2. The SMILES string of the molecule is C[C@H]1CN([C@@H](C)CO)C(=O)c2cccc(NS(C)(=O)=O)c2O[C@H]1CN(C)Cc1ccncc1. The maximum atomic E-state index is 13.4. The van der Waals surface area contributed by atoms with E-state index in [1.165, 1.54) is 0 Å². The number of para-hydroxylation sites is 1. The lowest BCUT2D eigenvalue weighted by atomic mass is 9.99. The minimum absolute atomic E-state index is 0.0812. The first-order valence-corrected chi connectivity index (χ1v) is 12.7. The molecule has 0 unspecified atom stereocenters. The highest BCUT2D eigenvalue weighted by Gasteiger charge is 2.34. The molecule has 0 saturated carbocycles. The first kappa shape index (κ1) is 24.9. The molecule has 0 fully saturated rings. The fraction of sp³-hybridized carbons (Fsp3) is 0.478. The van der Waals surface area contributed by atoms with Gasteiger partial charge < -0.3 is 14.7 Å². The molecule has 0 bridgehead atoms. The molecule has 2 heterocycles. The second-order valence-corrected chi connectivity index (χ2v) is 10.5. The summed E-state index contributed by atoms with van der Waals surface area (Å²) >= 11 is 0. The van der Waals surface area contributed by atoms with E-state index in [2.05, 4.69) is 14.6 Å². The molecule has 1 aliphatic heterocycles. The Balaban J connectivity index is 1.98. The maximum absolute atomic E-state index is 13.4. The number of likely N-dealkylation sites (N-methyl/N-ethyl adjacent to an activating group) is 1. The van der Waals surface area contributed by atoms with Gasteiger partial charge in [-0.2, -0.15) is 0 Å². The Morgan fingerprint density at radius 2 is 2.00 bits per heavy atom. The van der Waals surface area contributed by atoms with Gasteiger partial charge in [-0.25, -0.2) is 8.42 Å². The fourth-order valence-electron chi connectivity index (χ4n) is 3.91. The second kappa shape index (κ2) is 10.5. The number of sulfonamides is 1. The molecule has 1 aromatic heterocycles. The van der Waals surface area contributed by atoms with Crippen LogP contribution in [-0.4, -0.2) is 79.4 Å². The highest BCUT2D eigenvalue weighted by atomic mass is 32.2. The van der Waals surface area contributed by atoms with Crippen LogP contribution in [0, 0.1) is 5.92 Å². The van der Waals surface area contributed by atoms with Gasteiger partial charge in [-0.3, -0.25) is 19.4 Å². The van der Waals surface area contributed by atoms with Crippen molar-refractivity contribution in [1.82, 2.24) is 14.8 Å². The highest BCUT2D eigenvalue weighted by Crippen LogP contribution is 2.35. The minimum atomic E-state index is -3.59. The summed E-state index contributed by atoms with van der Waals surface area (Å²) in [4.78, 5) is 21.2. The van der Waals surface area contributed by atoms with Crippen LogP contribution in [0.5, 0.6) is 5.75 Å². The lowest BCUT2D eigenvalue weighted by Crippen LogP contribution is -2.49. The standard InChI is InChI=1S/C23H32N4O5S/c1-16-12-27(17(2)15-28)23(29)19-6-5-7-20(25-33(4,30)31)22(19)32-21(16)14-26(3)13-18-8-10-24-11-9-18/h5-11,16-17,21,25,28H,12-15H2,1-4H3/t16-,17-,21-/m0/s1. The number of aliphatic hydroxyl groups is 1. The van der Waals surface area contributed by atoms with E-state index in [-0.39, 0.29) is 41.5 Å².